The van der Waals surface area contributed by atoms with E-state index in [1.165, 1.54) is 37.1 Å². The molecule has 1 saturated heterocycles. The average Bonchev–Trinajstić information content (AvgIpc) is 3.18. The van der Waals surface area contributed by atoms with Crippen LogP contribution >= 0.6 is 0 Å². The highest BCUT2D eigenvalue weighted by Gasteiger charge is 2.33. The minimum absolute atomic E-state index is 0.599. The van der Waals surface area contributed by atoms with Crippen LogP contribution in [-0.4, -0.2) is 29.1 Å². The Morgan fingerprint density at radius 2 is 2.00 bits per heavy atom. The molecule has 0 radical (unpaired) electrons. The van der Waals surface area contributed by atoms with Crippen molar-refractivity contribution >= 4 is 11.6 Å². The van der Waals surface area contributed by atoms with E-state index in [1.54, 1.807) is 0 Å². The maximum Gasteiger partial charge on any atom is 0.137 e. The predicted octanol–water partition coefficient (Wildman–Crippen LogP) is 3.72. The summed E-state index contributed by atoms with van der Waals surface area (Å²) >= 11 is 0. The fourth-order valence-corrected chi connectivity index (χ4v) is 3.41. The summed E-state index contributed by atoms with van der Waals surface area (Å²) in [4.78, 5) is 12.3. The Labute approximate surface area is 128 Å². The third kappa shape index (κ3) is 2.85. The normalized spacial score (nSPS) is 22.1. The third-order valence-corrected chi connectivity index (χ3v) is 4.76. The molecular weight excluding hydrogens is 260 g/mol. The number of hydrogen-bond donors (Lipinski definition) is 1. The van der Waals surface area contributed by atoms with Gasteiger partial charge in [-0.2, -0.15) is 0 Å². The zero-order chi connectivity index (χ0) is 15.0. The molecule has 0 amide bonds. The molecule has 2 heterocycles. The van der Waals surface area contributed by atoms with E-state index in [0.29, 0.717) is 17.9 Å². The summed E-state index contributed by atoms with van der Waals surface area (Å²) in [5.41, 5.74) is 1.22. The summed E-state index contributed by atoms with van der Waals surface area (Å²) in [6, 6.07) is 0.625. The number of hydrogen-bond acceptors (Lipinski definition) is 4. The van der Waals surface area contributed by atoms with Gasteiger partial charge in [0.15, 0.2) is 0 Å². The molecule has 116 valence electrons. The van der Waals surface area contributed by atoms with Crippen molar-refractivity contribution in [2.45, 2.75) is 65.3 Å². The summed E-state index contributed by atoms with van der Waals surface area (Å²) in [5, 5.41) is 3.43. The molecule has 1 aromatic rings. The Balaban J connectivity index is 1.99. The molecule has 4 nitrogen and oxygen atoms in total. The number of nitrogens with one attached hydrogen (secondary N) is 1. The lowest BCUT2D eigenvalue weighted by molar-refractivity contribution is 0.488. The van der Waals surface area contributed by atoms with E-state index < -0.39 is 0 Å². The number of anilines is 2. The minimum atomic E-state index is 0.599. The zero-order valence-electron chi connectivity index (χ0n) is 13.8. The Hall–Kier alpha value is -1.32. The fraction of sp³-hybridized carbons (Fsp3) is 0.765. The molecule has 1 unspecified atom stereocenters. The number of nitrogens with zero attached hydrogens (tertiary/aromatic N) is 3. The van der Waals surface area contributed by atoms with Gasteiger partial charge < -0.3 is 10.2 Å². The van der Waals surface area contributed by atoms with Gasteiger partial charge in [0.05, 0.1) is 0 Å². The first kappa shape index (κ1) is 14.6. The van der Waals surface area contributed by atoms with E-state index in [0.717, 1.165) is 24.7 Å². The van der Waals surface area contributed by atoms with E-state index in [1.807, 2.05) is 0 Å². The number of rotatable bonds is 5. The first-order valence-corrected chi connectivity index (χ1v) is 8.50. The van der Waals surface area contributed by atoms with Gasteiger partial charge in [-0.3, -0.25) is 0 Å². The summed E-state index contributed by atoms with van der Waals surface area (Å²) in [6.45, 7) is 11.0. The first-order valence-electron chi connectivity index (χ1n) is 8.50. The highest BCUT2D eigenvalue weighted by Crippen LogP contribution is 2.41. The summed E-state index contributed by atoms with van der Waals surface area (Å²) in [6.07, 6.45) is 5.07. The van der Waals surface area contributed by atoms with Crippen LogP contribution in [0.1, 0.15) is 63.8 Å². The zero-order valence-corrected chi connectivity index (χ0v) is 13.8. The fourth-order valence-electron chi connectivity index (χ4n) is 3.41. The van der Waals surface area contributed by atoms with Crippen molar-refractivity contribution in [1.82, 2.24) is 9.97 Å². The summed E-state index contributed by atoms with van der Waals surface area (Å²) < 4.78 is 0. The molecule has 1 atom stereocenters. The maximum atomic E-state index is 4.97. The standard InChI is InChI=1S/C17H28N4/c1-5-18-15-12(4)17(20-16(19-15)13-8-9-13)21-10-6-7-14(21)11(2)3/h11,13-14H,5-10H2,1-4H3,(H,18,19,20). The van der Waals surface area contributed by atoms with E-state index >= 15 is 0 Å². The molecule has 0 spiro atoms. The summed E-state index contributed by atoms with van der Waals surface area (Å²) in [7, 11) is 0. The van der Waals surface area contributed by atoms with Crippen LogP contribution in [0.5, 0.6) is 0 Å². The average molecular weight is 288 g/mol. The molecular formula is C17H28N4. The maximum absolute atomic E-state index is 4.97. The molecule has 0 bridgehead atoms. The van der Waals surface area contributed by atoms with Crippen LogP contribution in [-0.2, 0) is 0 Å². The molecule has 4 heteroatoms. The molecule has 0 aromatic carbocycles. The van der Waals surface area contributed by atoms with Crippen molar-refractivity contribution in [3.63, 3.8) is 0 Å². The molecule has 1 aromatic heterocycles. The van der Waals surface area contributed by atoms with E-state index in [4.69, 9.17) is 9.97 Å². The molecule has 1 aliphatic heterocycles. The quantitative estimate of drug-likeness (QED) is 0.896. The van der Waals surface area contributed by atoms with Gasteiger partial charge in [0.1, 0.15) is 17.5 Å². The molecule has 1 saturated carbocycles. The van der Waals surface area contributed by atoms with Crippen LogP contribution < -0.4 is 10.2 Å². The molecule has 1 N–H and O–H groups in total. The Morgan fingerprint density at radius 3 is 2.62 bits per heavy atom. The van der Waals surface area contributed by atoms with Gasteiger partial charge in [-0.05, 0) is 45.4 Å². The van der Waals surface area contributed by atoms with Gasteiger partial charge in [-0.1, -0.05) is 13.8 Å². The van der Waals surface area contributed by atoms with Crippen molar-refractivity contribution in [2.75, 3.05) is 23.3 Å². The second kappa shape index (κ2) is 5.82. The molecule has 1 aliphatic carbocycles. The van der Waals surface area contributed by atoms with E-state index in [-0.39, 0.29) is 0 Å². The highest BCUT2D eigenvalue weighted by atomic mass is 15.3. The van der Waals surface area contributed by atoms with Crippen LogP contribution in [0.25, 0.3) is 0 Å². The van der Waals surface area contributed by atoms with Gasteiger partial charge in [0.2, 0.25) is 0 Å². The Kier molecular flexibility index (Phi) is 4.05. The van der Waals surface area contributed by atoms with Crippen molar-refractivity contribution in [3.8, 4) is 0 Å². The van der Waals surface area contributed by atoms with Gasteiger partial charge in [0, 0.05) is 30.6 Å². The predicted molar refractivity (Wildman–Crippen MR) is 88.1 cm³/mol. The first-order chi connectivity index (χ1) is 10.1. The van der Waals surface area contributed by atoms with Gasteiger partial charge in [0.25, 0.3) is 0 Å². The van der Waals surface area contributed by atoms with Crippen LogP contribution in [0.15, 0.2) is 0 Å². The lowest BCUT2D eigenvalue weighted by Crippen LogP contribution is -2.35. The number of aromatic nitrogens is 2. The lowest BCUT2D eigenvalue weighted by atomic mass is 10.0. The van der Waals surface area contributed by atoms with Crippen LogP contribution in [0.2, 0.25) is 0 Å². The second-order valence-electron chi connectivity index (χ2n) is 6.83. The smallest absolute Gasteiger partial charge is 0.137 e. The van der Waals surface area contributed by atoms with Gasteiger partial charge in [-0.15, -0.1) is 0 Å². The monoisotopic (exact) mass is 288 g/mol. The largest absolute Gasteiger partial charge is 0.370 e. The second-order valence-corrected chi connectivity index (χ2v) is 6.83. The van der Waals surface area contributed by atoms with Gasteiger partial charge >= 0.3 is 0 Å². The van der Waals surface area contributed by atoms with E-state index in [2.05, 4.69) is 37.9 Å². The highest BCUT2D eigenvalue weighted by molar-refractivity contribution is 5.60. The topological polar surface area (TPSA) is 41.1 Å². The Bertz CT molecular complexity index is 508. The van der Waals surface area contributed by atoms with Crippen LogP contribution in [0.4, 0.5) is 11.6 Å². The molecule has 2 fully saturated rings. The van der Waals surface area contributed by atoms with E-state index in [9.17, 15) is 0 Å². The molecule has 3 rings (SSSR count). The molecule has 2 aliphatic rings. The van der Waals surface area contributed by atoms with Crippen molar-refractivity contribution in [2.24, 2.45) is 5.92 Å². The Morgan fingerprint density at radius 1 is 1.24 bits per heavy atom. The summed E-state index contributed by atoms with van der Waals surface area (Å²) in [5.74, 6) is 4.55. The van der Waals surface area contributed by atoms with Crippen LogP contribution in [0.3, 0.4) is 0 Å². The van der Waals surface area contributed by atoms with Crippen molar-refractivity contribution < 1.29 is 0 Å². The lowest BCUT2D eigenvalue weighted by Gasteiger charge is -2.30. The SMILES string of the molecule is CCNc1nc(C2CC2)nc(N2CCCC2C(C)C)c1C. The van der Waals surface area contributed by atoms with Crippen molar-refractivity contribution in [1.29, 1.82) is 0 Å². The van der Waals surface area contributed by atoms with Crippen molar-refractivity contribution in [3.05, 3.63) is 11.4 Å². The third-order valence-electron chi connectivity index (χ3n) is 4.76. The minimum Gasteiger partial charge on any atom is -0.370 e. The van der Waals surface area contributed by atoms with Crippen LogP contribution in [0, 0.1) is 12.8 Å². The molecule has 21 heavy (non-hydrogen) atoms. The van der Waals surface area contributed by atoms with Gasteiger partial charge in [-0.25, -0.2) is 9.97 Å².